The number of halogens is 1. The standard InChI is InChI=1S/C22H25FN4/c1-16-11-18(12-17-5-3-6-19(23)13-17)14-21(25-16)22-7-4-10-27(22)15-20-8-9-24-26(20)2/h3,5-6,8-9,11,13-14,22H,4,7,10,12,15H2,1-2H3. The maximum atomic E-state index is 13.5. The highest BCUT2D eigenvalue weighted by Gasteiger charge is 2.28. The van der Waals surface area contributed by atoms with E-state index in [1.807, 2.05) is 30.9 Å². The topological polar surface area (TPSA) is 34.0 Å². The molecule has 3 heterocycles. The summed E-state index contributed by atoms with van der Waals surface area (Å²) in [5.41, 5.74) is 5.54. The molecule has 1 saturated heterocycles. The van der Waals surface area contributed by atoms with Crippen molar-refractivity contribution >= 4 is 0 Å². The summed E-state index contributed by atoms with van der Waals surface area (Å²) in [5, 5.41) is 4.28. The molecule has 2 aromatic heterocycles. The molecule has 1 aliphatic rings. The molecule has 0 saturated carbocycles. The largest absolute Gasteiger partial charge is 0.289 e. The monoisotopic (exact) mass is 364 g/mol. The number of hydrogen-bond donors (Lipinski definition) is 0. The Kier molecular flexibility index (Phi) is 5.03. The molecule has 1 fully saturated rings. The minimum Gasteiger partial charge on any atom is -0.289 e. The van der Waals surface area contributed by atoms with Crippen LogP contribution in [0.1, 0.15) is 47.1 Å². The summed E-state index contributed by atoms with van der Waals surface area (Å²) in [6.45, 7) is 4.00. The summed E-state index contributed by atoms with van der Waals surface area (Å²) in [5.74, 6) is -0.184. The molecule has 5 heteroatoms. The highest BCUT2D eigenvalue weighted by molar-refractivity contribution is 5.30. The van der Waals surface area contributed by atoms with Crippen molar-refractivity contribution in [3.05, 3.63) is 82.7 Å². The van der Waals surface area contributed by atoms with E-state index in [-0.39, 0.29) is 5.82 Å². The van der Waals surface area contributed by atoms with E-state index in [0.29, 0.717) is 6.04 Å². The predicted molar refractivity (Wildman–Crippen MR) is 104 cm³/mol. The number of aromatic nitrogens is 3. The average Bonchev–Trinajstić information content (AvgIpc) is 3.24. The first-order chi connectivity index (χ1) is 13.1. The third-order valence-electron chi connectivity index (χ3n) is 5.32. The van der Waals surface area contributed by atoms with E-state index < -0.39 is 0 Å². The third kappa shape index (κ3) is 4.08. The van der Waals surface area contributed by atoms with Crippen LogP contribution in [0.25, 0.3) is 0 Å². The summed E-state index contributed by atoms with van der Waals surface area (Å²) in [4.78, 5) is 7.33. The van der Waals surface area contributed by atoms with Gasteiger partial charge in [-0.1, -0.05) is 12.1 Å². The minimum atomic E-state index is -0.184. The number of rotatable bonds is 5. The predicted octanol–water partition coefficient (Wildman–Crippen LogP) is 4.19. The van der Waals surface area contributed by atoms with Gasteiger partial charge in [0.15, 0.2) is 0 Å². The van der Waals surface area contributed by atoms with Crippen molar-refractivity contribution < 1.29 is 4.39 Å². The highest BCUT2D eigenvalue weighted by atomic mass is 19.1. The lowest BCUT2D eigenvalue weighted by Crippen LogP contribution is -2.25. The number of pyridine rings is 1. The Morgan fingerprint density at radius 3 is 2.81 bits per heavy atom. The molecule has 1 atom stereocenters. The van der Waals surface area contributed by atoms with E-state index in [1.54, 1.807) is 12.1 Å². The van der Waals surface area contributed by atoms with Crippen LogP contribution >= 0.6 is 0 Å². The first-order valence-electron chi connectivity index (χ1n) is 9.51. The lowest BCUT2D eigenvalue weighted by Gasteiger charge is -2.24. The lowest BCUT2D eigenvalue weighted by molar-refractivity contribution is 0.238. The van der Waals surface area contributed by atoms with Crippen LogP contribution in [0.15, 0.2) is 48.7 Å². The van der Waals surface area contributed by atoms with Crippen LogP contribution in [-0.4, -0.2) is 26.2 Å². The van der Waals surface area contributed by atoms with Crippen molar-refractivity contribution in [1.29, 1.82) is 0 Å². The van der Waals surface area contributed by atoms with Gasteiger partial charge in [-0.2, -0.15) is 5.10 Å². The number of likely N-dealkylation sites (tertiary alicyclic amines) is 1. The molecular weight excluding hydrogens is 339 g/mol. The van der Waals surface area contributed by atoms with Crippen molar-refractivity contribution in [2.75, 3.05) is 6.54 Å². The van der Waals surface area contributed by atoms with Crippen molar-refractivity contribution in [3.63, 3.8) is 0 Å². The van der Waals surface area contributed by atoms with Crippen LogP contribution < -0.4 is 0 Å². The molecule has 140 valence electrons. The summed E-state index contributed by atoms with van der Waals surface area (Å²) in [7, 11) is 1.99. The highest BCUT2D eigenvalue weighted by Crippen LogP contribution is 2.33. The summed E-state index contributed by atoms with van der Waals surface area (Å²) < 4.78 is 15.5. The lowest BCUT2D eigenvalue weighted by atomic mass is 10.0. The third-order valence-corrected chi connectivity index (χ3v) is 5.32. The van der Waals surface area contributed by atoms with Crippen molar-refractivity contribution in [2.24, 2.45) is 7.05 Å². The molecule has 0 amide bonds. The minimum absolute atomic E-state index is 0.184. The number of aryl methyl sites for hydroxylation is 2. The van der Waals surface area contributed by atoms with Crippen LogP contribution in [0, 0.1) is 12.7 Å². The van der Waals surface area contributed by atoms with Crippen molar-refractivity contribution in [3.8, 4) is 0 Å². The van der Waals surface area contributed by atoms with Crippen LogP contribution in [0.3, 0.4) is 0 Å². The molecule has 0 aliphatic carbocycles. The Morgan fingerprint density at radius 2 is 2.04 bits per heavy atom. The van der Waals surface area contributed by atoms with E-state index in [4.69, 9.17) is 4.98 Å². The van der Waals surface area contributed by atoms with Gasteiger partial charge in [0.05, 0.1) is 17.4 Å². The molecule has 1 unspecified atom stereocenters. The van der Waals surface area contributed by atoms with Crippen LogP contribution in [-0.2, 0) is 20.0 Å². The van der Waals surface area contributed by atoms with Gasteiger partial charge < -0.3 is 0 Å². The number of benzene rings is 1. The summed E-state index contributed by atoms with van der Waals surface area (Å²) >= 11 is 0. The Morgan fingerprint density at radius 1 is 1.15 bits per heavy atom. The maximum absolute atomic E-state index is 13.5. The van der Waals surface area contributed by atoms with Gasteiger partial charge in [0.1, 0.15) is 5.82 Å². The first kappa shape index (κ1) is 17.9. The van der Waals surface area contributed by atoms with Crippen molar-refractivity contribution in [2.45, 2.75) is 38.8 Å². The van der Waals surface area contributed by atoms with E-state index in [2.05, 4.69) is 28.2 Å². The zero-order valence-electron chi connectivity index (χ0n) is 15.9. The fourth-order valence-electron chi connectivity index (χ4n) is 4.04. The number of nitrogens with zero attached hydrogens (tertiary/aromatic N) is 4. The molecule has 3 aromatic rings. The molecule has 4 rings (SSSR count). The molecule has 4 nitrogen and oxygen atoms in total. The van der Waals surface area contributed by atoms with Gasteiger partial charge in [-0.15, -0.1) is 0 Å². The fraction of sp³-hybridized carbons (Fsp3) is 0.364. The Balaban J connectivity index is 1.57. The van der Waals surface area contributed by atoms with E-state index in [1.165, 1.54) is 23.7 Å². The summed E-state index contributed by atoms with van der Waals surface area (Å²) in [6, 6.07) is 13.6. The molecule has 0 radical (unpaired) electrons. The SMILES string of the molecule is Cc1cc(Cc2cccc(F)c2)cc(C2CCCN2Cc2ccnn2C)n1. The summed E-state index contributed by atoms with van der Waals surface area (Å²) in [6.07, 6.45) is 4.87. The molecular formula is C22H25FN4. The van der Waals surface area contributed by atoms with Gasteiger partial charge in [-0.05, 0) is 74.2 Å². The zero-order chi connectivity index (χ0) is 18.8. The van der Waals surface area contributed by atoms with Gasteiger partial charge >= 0.3 is 0 Å². The van der Waals surface area contributed by atoms with E-state index in [9.17, 15) is 4.39 Å². The van der Waals surface area contributed by atoms with Gasteiger partial charge in [0, 0.05) is 25.5 Å². The quantitative estimate of drug-likeness (QED) is 0.681. The van der Waals surface area contributed by atoms with E-state index >= 15 is 0 Å². The maximum Gasteiger partial charge on any atom is 0.123 e. The second-order valence-electron chi connectivity index (χ2n) is 7.42. The smallest absolute Gasteiger partial charge is 0.123 e. The molecule has 0 N–H and O–H groups in total. The first-order valence-corrected chi connectivity index (χ1v) is 9.51. The Hall–Kier alpha value is -2.53. The molecule has 1 aliphatic heterocycles. The molecule has 0 spiro atoms. The Labute approximate surface area is 159 Å². The molecule has 1 aromatic carbocycles. The van der Waals surface area contributed by atoms with E-state index in [0.717, 1.165) is 42.9 Å². The second kappa shape index (κ2) is 7.61. The average molecular weight is 364 g/mol. The normalized spacial score (nSPS) is 17.5. The fourth-order valence-corrected chi connectivity index (χ4v) is 4.04. The zero-order valence-corrected chi connectivity index (χ0v) is 15.9. The van der Waals surface area contributed by atoms with Crippen LogP contribution in [0.5, 0.6) is 0 Å². The van der Waals surface area contributed by atoms with Gasteiger partial charge in [-0.25, -0.2) is 4.39 Å². The van der Waals surface area contributed by atoms with Crippen molar-refractivity contribution in [1.82, 2.24) is 19.7 Å². The van der Waals surface area contributed by atoms with Gasteiger partial charge in [-0.3, -0.25) is 14.6 Å². The Bertz CT molecular complexity index is 934. The molecule has 27 heavy (non-hydrogen) atoms. The van der Waals surface area contributed by atoms with Crippen LogP contribution in [0.4, 0.5) is 4.39 Å². The molecule has 0 bridgehead atoms. The van der Waals surface area contributed by atoms with Gasteiger partial charge in [0.25, 0.3) is 0 Å². The number of hydrogen-bond acceptors (Lipinski definition) is 3. The van der Waals surface area contributed by atoms with Gasteiger partial charge in [0.2, 0.25) is 0 Å². The second-order valence-corrected chi connectivity index (χ2v) is 7.42. The van der Waals surface area contributed by atoms with Crippen LogP contribution in [0.2, 0.25) is 0 Å².